The fraction of sp³-hybridized carbons (Fsp3) is 0.385. The van der Waals surface area contributed by atoms with Crippen LogP contribution in [0.1, 0.15) is 22.3 Å². The van der Waals surface area contributed by atoms with Crippen LogP contribution in [0, 0.1) is 6.92 Å². The van der Waals surface area contributed by atoms with E-state index in [9.17, 15) is 14.7 Å². The molecule has 96 valence electrons. The van der Waals surface area contributed by atoms with Crippen molar-refractivity contribution in [3.05, 3.63) is 35.4 Å². The van der Waals surface area contributed by atoms with Crippen LogP contribution < -0.4 is 0 Å². The number of rotatable bonds is 2. The molecule has 1 heterocycles. The summed E-state index contributed by atoms with van der Waals surface area (Å²) >= 11 is 0. The molecule has 1 saturated heterocycles. The monoisotopic (exact) mass is 249 g/mol. The largest absolute Gasteiger partial charge is 0.480 e. The number of nitrogens with zero attached hydrogens (tertiary/aromatic N) is 1. The van der Waals surface area contributed by atoms with Gasteiger partial charge in [0.1, 0.15) is 6.04 Å². The van der Waals surface area contributed by atoms with Crippen LogP contribution in [0.5, 0.6) is 0 Å². The zero-order valence-electron chi connectivity index (χ0n) is 10.0. The maximum absolute atomic E-state index is 12.2. The van der Waals surface area contributed by atoms with Crippen molar-refractivity contribution in [3.63, 3.8) is 0 Å². The highest BCUT2D eigenvalue weighted by molar-refractivity contribution is 5.97. The van der Waals surface area contributed by atoms with E-state index in [1.165, 1.54) is 4.90 Å². The van der Waals surface area contributed by atoms with E-state index in [1.807, 2.05) is 6.92 Å². The first kappa shape index (κ1) is 12.6. The maximum Gasteiger partial charge on any atom is 0.326 e. The number of benzene rings is 1. The summed E-state index contributed by atoms with van der Waals surface area (Å²) in [5.74, 6) is -1.43. The fourth-order valence-electron chi connectivity index (χ4n) is 2.13. The number of hydrogen-bond acceptors (Lipinski definition) is 3. The highest BCUT2D eigenvalue weighted by atomic mass is 16.4. The number of hydrogen-bond donors (Lipinski definition) is 2. The lowest BCUT2D eigenvalue weighted by molar-refractivity contribution is -0.141. The third kappa shape index (κ3) is 2.36. The molecule has 1 aliphatic rings. The molecule has 0 aliphatic carbocycles. The van der Waals surface area contributed by atoms with Gasteiger partial charge in [-0.2, -0.15) is 0 Å². The lowest BCUT2D eigenvalue weighted by Gasteiger charge is -2.21. The Bertz CT molecular complexity index is 468. The lowest BCUT2D eigenvalue weighted by atomic mass is 10.1. The third-order valence-electron chi connectivity index (χ3n) is 3.12. The van der Waals surface area contributed by atoms with Crippen molar-refractivity contribution in [2.75, 3.05) is 6.54 Å². The van der Waals surface area contributed by atoms with Gasteiger partial charge in [-0.25, -0.2) is 4.79 Å². The van der Waals surface area contributed by atoms with Crippen LogP contribution in [0.25, 0.3) is 0 Å². The average Bonchev–Trinajstić information content (AvgIpc) is 2.71. The molecule has 2 N–H and O–H groups in total. The second kappa shape index (κ2) is 4.78. The first-order valence-corrected chi connectivity index (χ1v) is 5.77. The number of amides is 1. The number of likely N-dealkylation sites (tertiary alicyclic amines) is 1. The number of β-amino-alcohol motifs (C(OH)–C–C–N with tert-alkyl or cyclic N) is 1. The third-order valence-corrected chi connectivity index (χ3v) is 3.12. The summed E-state index contributed by atoms with van der Waals surface area (Å²) in [5, 5.41) is 18.5. The first-order chi connectivity index (χ1) is 8.49. The zero-order chi connectivity index (χ0) is 13.3. The Morgan fingerprint density at radius 1 is 1.28 bits per heavy atom. The van der Waals surface area contributed by atoms with Gasteiger partial charge in [0, 0.05) is 18.5 Å². The van der Waals surface area contributed by atoms with Crippen LogP contribution in [0.2, 0.25) is 0 Å². The fourth-order valence-corrected chi connectivity index (χ4v) is 2.13. The van der Waals surface area contributed by atoms with Crippen LogP contribution in [0.15, 0.2) is 24.3 Å². The number of carboxylic acids is 1. The molecule has 1 aromatic rings. The van der Waals surface area contributed by atoms with Gasteiger partial charge in [0.15, 0.2) is 0 Å². The average molecular weight is 249 g/mol. The minimum atomic E-state index is -1.08. The molecule has 0 saturated carbocycles. The Kier molecular flexibility index (Phi) is 3.34. The highest BCUT2D eigenvalue weighted by Gasteiger charge is 2.39. The molecule has 0 bridgehead atoms. The minimum Gasteiger partial charge on any atom is -0.480 e. The molecule has 5 nitrogen and oxygen atoms in total. The molecule has 1 amide bonds. The molecular weight excluding hydrogens is 234 g/mol. The quantitative estimate of drug-likeness (QED) is 0.807. The minimum absolute atomic E-state index is 0.0731. The zero-order valence-corrected chi connectivity index (χ0v) is 10.0. The van der Waals surface area contributed by atoms with E-state index >= 15 is 0 Å². The van der Waals surface area contributed by atoms with Crippen molar-refractivity contribution in [2.24, 2.45) is 0 Å². The Morgan fingerprint density at radius 2 is 1.89 bits per heavy atom. The van der Waals surface area contributed by atoms with E-state index < -0.39 is 18.1 Å². The van der Waals surface area contributed by atoms with Gasteiger partial charge in [0.05, 0.1) is 6.10 Å². The summed E-state index contributed by atoms with van der Waals surface area (Å²) in [6.45, 7) is 1.98. The summed E-state index contributed by atoms with van der Waals surface area (Å²) in [6.07, 6.45) is -0.673. The SMILES string of the molecule is Cc1ccc(C(=O)N2CC(O)C[C@H]2C(=O)O)cc1. The summed E-state index contributed by atoms with van der Waals surface area (Å²) in [4.78, 5) is 24.4. The van der Waals surface area contributed by atoms with E-state index in [2.05, 4.69) is 0 Å². The van der Waals surface area contributed by atoms with Gasteiger partial charge >= 0.3 is 5.97 Å². The van der Waals surface area contributed by atoms with Crippen molar-refractivity contribution in [1.82, 2.24) is 4.90 Å². The topological polar surface area (TPSA) is 77.8 Å². The van der Waals surface area contributed by atoms with Gasteiger partial charge in [0.25, 0.3) is 5.91 Å². The molecule has 2 rings (SSSR count). The summed E-state index contributed by atoms with van der Waals surface area (Å²) in [7, 11) is 0. The second-order valence-electron chi connectivity index (χ2n) is 4.57. The van der Waals surface area contributed by atoms with E-state index in [0.717, 1.165) is 5.56 Å². The molecule has 1 unspecified atom stereocenters. The van der Waals surface area contributed by atoms with Crippen molar-refractivity contribution in [3.8, 4) is 0 Å². The van der Waals surface area contributed by atoms with E-state index in [0.29, 0.717) is 5.56 Å². The molecule has 2 atom stereocenters. The lowest BCUT2D eigenvalue weighted by Crippen LogP contribution is -2.40. The molecule has 1 aromatic carbocycles. The van der Waals surface area contributed by atoms with E-state index in [1.54, 1.807) is 24.3 Å². The smallest absolute Gasteiger partial charge is 0.326 e. The van der Waals surface area contributed by atoms with Gasteiger partial charge in [-0.15, -0.1) is 0 Å². The van der Waals surface area contributed by atoms with E-state index in [-0.39, 0.29) is 18.9 Å². The number of aliphatic hydroxyl groups excluding tert-OH is 1. The van der Waals surface area contributed by atoms with Crippen LogP contribution in [-0.4, -0.2) is 45.7 Å². The normalized spacial score (nSPS) is 23.1. The predicted molar refractivity (Wildman–Crippen MR) is 64.3 cm³/mol. The van der Waals surface area contributed by atoms with Crippen molar-refractivity contribution < 1.29 is 19.8 Å². The molecule has 0 spiro atoms. The first-order valence-electron chi connectivity index (χ1n) is 5.77. The van der Waals surface area contributed by atoms with Crippen LogP contribution in [0.3, 0.4) is 0 Å². The van der Waals surface area contributed by atoms with E-state index in [4.69, 9.17) is 5.11 Å². The van der Waals surface area contributed by atoms with Gasteiger partial charge in [-0.05, 0) is 19.1 Å². The molecule has 0 radical (unpaired) electrons. The predicted octanol–water partition coefficient (Wildman–Crippen LogP) is 0.655. The Hall–Kier alpha value is -1.88. The van der Waals surface area contributed by atoms with Gasteiger partial charge in [-0.3, -0.25) is 4.79 Å². The van der Waals surface area contributed by atoms with Gasteiger partial charge < -0.3 is 15.1 Å². The molecule has 18 heavy (non-hydrogen) atoms. The molecule has 5 heteroatoms. The van der Waals surface area contributed by atoms with Gasteiger partial charge in [0.2, 0.25) is 0 Å². The van der Waals surface area contributed by atoms with Crippen molar-refractivity contribution >= 4 is 11.9 Å². The standard InChI is InChI=1S/C13H15NO4/c1-8-2-4-9(5-3-8)12(16)14-7-10(15)6-11(14)13(17)18/h2-5,10-11,15H,6-7H2,1H3,(H,17,18)/t10?,11-/m0/s1. The summed E-state index contributed by atoms with van der Waals surface area (Å²) in [6, 6.07) is 6.00. The molecule has 0 aromatic heterocycles. The maximum atomic E-state index is 12.2. The van der Waals surface area contributed by atoms with Crippen molar-refractivity contribution in [2.45, 2.75) is 25.5 Å². The number of aliphatic hydroxyl groups is 1. The number of carboxylic acid groups (broad SMARTS) is 1. The number of carbonyl (C=O) groups is 2. The van der Waals surface area contributed by atoms with Crippen LogP contribution in [0.4, 0.5) is 0 Å². The van der Waals surface area contributed by atoms with Crippen LogP contribution >= 0.6 is 0 Å². The number of carbonyl (C=O) groups excluding carboxylic acids is 1. The number of aliphatic carboxylic acids is 1. The summed E-state index contributed by atoms with van der Waals surface area (Å²) < 4.78 is 0. The second-order valence-corrected chi connectivity index (χ2v) is 4.57. The molecule has 1 aliphatic heterocycles. The Balaban J connectivity index is 2.22. The van der Waals surface area contributed by atoms with Crippen molar-refractivity contribution in [1.29, 1.82) is 0 Å². The molecule has 1 fully saturated rings. The Morgan fingerprint density at radius 3 is 2.44 bits per heavy atom. The van der Waals surface area contributed by atoms with Gasteiger partial charge in [-0.1, -0.05) is 17.7 Å². The number of aryl methyl sites for hydroxylation is 1. The summed E-state index contributed by atoms with van der Waals surface area (Å²) in [5.41, 5.74) is 1.48. The highest BCUT2D eigenvalue weighted by Crippen LogP contribution is 2.21. The van der Waals surface area contributed by atoms with Crippen LogP contribution in [-0.2, 0) is 4.79 Å². The molecular formula is C13H15NO4. The Labute approximate surface area is 105 Å².